The van der Waals surface area contributed by atoms with E-state index in [9.17, 15) is 18.4 Å². The molecule has 0 spiro atoms. The molecule has 0 aliphatic heterocycles. The lowest BCUT2D eigenvalue weighted by Crippen LogP contribution is -2.23. The number of para-hydroxylation sites is 1. The summed E-state index contributed by atoms with van der Waals surface area (Å²) >= 11 is 2.09. The molecule has 0 saturated carbocycles. The van der Waals surface area contributed by atoms with E-state index in [1.165, 1.54) is 10.6 Å². The number of carbonyl (C=O) groups is 1. The monoisotopic (exact) mass is 575 g/mol. The molecule has 3 N–H and O–H groups in total. The Morgan fingerprint density at radius 2 is 1.76 bits per heavy atom. The lowest BCUT2D eigenvalue weighted by Gasteiger charge is -2.17. The van der Waals surface area contributed by atoms with Gasteiger partial charge >= 0.3 is 6.03 Å². The molecule has 34 heavy (non-hydrogen) atoms. The Morgan fingerprint density at radius 1 is 1.03 bits per heavy atom. The zero-order valence-electron chi connectivity index (χ0n) is 18.2. The van der Waals surface area contributed by atoms with Crippen molar-refractivity contribution in [1.82, 2.24) is 9.55 Å². The van der Waals surface area contributed by atoms with E-state index in [1.807, 2.05) is 6.92 Å². The second kappa shape index (κ2) is 9.75. The van der Waals surface area contributed by atoms with E-state index >= 15 is 0 Å². The average molecular weight is 575 g/mol. The molecule has 2 heterocycles. The second-order valence-corrected chi connectivity index (χ2v) is 9.25. The molecule has 0 aliphatic carbocycles. The van der Waals surface area contributed by atoms with Crippen molar-refractivity contribution < 1.29 is 13.6 Å². The van der Waals surface area contributed by atoms with Gasteiger partial charge in [0, 0.05) is 42.0 Å². The summed E-state index contributed by atoms with van der Waals surface area (Å²) in [6, 6.07) is 12.9. The number of aromatic nitrogens is 2. The number of urea groups is 1. The standard InChI is InChI=1S/C24H20F2IN5O2/c1-13(27)32-21-11-22(28-2)29-12-14(21)8-17(23(32)33)16-9-20(19(26)10-18(16)25)31-24(34)30-15-6-4-3-5-7-15/h3-13H,1-2H3,(H,28,29)(H2,30,31,34). The Labute approximate surface area is 207 Å². The average Bonchev–Trinajstić information content (AvgIpc) is 2.80. The highest BCUT2D eigenvalue weighted by atomic mass is 127. The first-order valence-electron chi connectivity index (χ1n) is 10.3. The predicted molar refractivity (Wildman–Crippen MR) is 139 cm³/mol. The summed E-state index contributed by atoms with van der Waals surface area (Å²) in [6.45, 7) is 1.83. The van der Waals surface area contributed by atoms with E-state index in [1.54, 1.807) is 49.6 Å². The highest BCUT2D eigenvalue weighted by Crippen LogP contribution is 2.30. The molecular formula is C24H20F2IN5O2. The van der Waals surface area contributed by atoms with E-state index in [-0.39, 0.29) is 20.9 Å². The van der Waals surface area contributed by atoms with E-state index < -0.39 is 23.2 Å². The Bertz CT molecular complexity index is 1440. The van der Waals surface area contributed by atoms with Crippen molar-refractivity contribution in [2.24, 2.45) is 0 Å². The number of anilines is 3. The highest BCUT2D eigenvalue weighted by Gasteiger charge is 2.20. The maximum atomic E-state index is 14.9. The van der Waals surface area contributed by atoms with E-state index in [0.29, 0.717) is 28.5 Å². The van der Waals surface area contributed by atoms with E-state index in [2.05, 4.69) is 43.5 Å². The van der Waals surface area contributed by atoms with Gasteiger partial charge in [0.15, 0.2) is 0 Å². The normalized spacial score (nSPS) is 11.8. The van der Waals surface area contributed by atoms with Crippen molar-refractivity contribution in [1.29, 1.82) is 0 Å². The number of fused-ring (bicyclic) bond motifs is 1. The molecule has 0 saturated heterocycles. The van der Waals surface area contributed by atoms with Crippen LogP contribution in [-0.2, 0) is 0 Å². The number of nitrogens with one attached hydrogen (secondary N) is 3. The van der Waals surface area contributed by atoms with Gasteiger partial charge in [0.1, 0.15) is 17.5 Å². The van der Waals surface area contributed by atoms with Gasteiger partial charge in [-0.05, 0) is 31.2 Å². The number of nitrogens with zero attached hydrogens (tertiary/aromatic N) is 2. The number of carbonyl (C=O) groups excluding carboxylic acids is 1. The van der Waals surface area contributed by atoms with Crippen molar-refractivity contribution >= 4 is 56.7 Å². The SMILES string of the molecule is CNc1cc2c(cn1)cc(-c1cc(NC(=O)Nc3ccccc3)c(F)cc1F)c(=O)n2C(C)I. The molecule has 4 rings (SSSR count). The van der Waals surface area contributed by atoms with Crippen LogP contribution in [0.15, 0.2) is 65.6 Å². The molecule has 7 nitrogen and oxygen atoms in total. The number of hydrogen-bond acceptors (Lipinski definition) is 4. The molecule has 2 amide bonds. The minimum atomic E-state index is -0.965. The smallest absolute Gasteiger partial charge is 0.323 e. The first-order chi connectivity index (χ1) is 16.3. The van der Waals surface area contributed by atoms with Crippen molar-refractivity contribution in [3.05, 3.63) is 82.8 Å². The Balaban J connectivity index is 1.80. The molecule has 0 bridgehead atoms. The minimum absolute atomic E-state index is 0.0269. The second-order valence-electron chi connectivity index (χ2n) is 7.44. The van der Waals surface area contributed by atoms with Crippen LogP contribution in [0.5, 0.6) is 0 Å². The first-order valence-corrected chi connectivity index (χ1v) is 11.5. The van der Waals surface area contributed by atoms with Crippen molar-refractivity contribution in [3.63, 3.8) is 0 Å². The Hall–Kier alpha value is -3.54. The van der Waals surface area contributed by atoms with Crippen molar-refractivity contribution in [2.75, 3.05) is 23.0 Å². The summed E-state index contributed by atoms with van der Waals surface area (Å²) in [6.07, 6.45) is 1.58. The molecular weight excluding hydrogens is 555 g/mol. The topological polar surface area (TPSA) is 88.1 Å². The van der Waals surface area contributed by atoms with E-state index in [4.69, 9.17) is 0 Å². The molecule has 0 aliphatic rings. The fourth-order valence-corrected chi connectivity index (χ4v) is 4.12. The summed E-state index contributed by atoms with van der Waals surface area (Å²) in [5, 5.41) is 8.49. The lowest BCUT2D eigenvalue weighted by molar-refractivity contribution is 0.262. The molecule has 0 radical (unpaired) electrons. The fourth-order valence-electron chi connectivity index (χ4n) is 3.57. The third-order valence-corrected chi connectivity index (χ3v) is 5.72. The summed E-state index contributed by atoms with van der Waals surface area (Å²) in [7, 11) is 1.72. The molecule has 10 heteroatoms. The third kappa shape index (κ3) is 4.72. The van der Waals surface area contributed by atoms with Crippen LogP contribution >= 0.6 is 22.6 Å². The van der Waals surface area contributed by atoms with Gasteiger partial charge in [-0.1, -0.05) is 40.8 Å². The first kappa shape index (κ1) is 23.6. The molecule has 174 valence electrons. The number of hydrogen-bond donors (Lipinski definition) is 3. The van der Waals surface area contributed by atoms with Crippen LogP contribution < -0.4 is 21.5 Å². The number of pyridine rings is 2. The van der Waals surface area contributed by atoms with Crippen LogP contribution in [-0.4, -0.2) is 22.6 Å². The zero-order valence-corrected chi connectivity index (χ0v) is 20.4. The van der Waals surface area contributed by atoms with Crippen LogP contribution in [0.4, 0.5) is 30.8 Å². The molecule has 2 aromatic carbocycles. The minimum Gasteiger partial charge on any atom is -0.373 e. The fraction of sp³-hybridized carbons (Fsp3) is 0.125. The van der Waals surface area contributed by atoms with Gasteiger partial charge in [0.25, 0.3) is 5.56 Å². The van der Waals surface area contributed by atoms with Gasteiger partial charge in [0.2, 0.25) is 0 Å². The number of halogens is 3. The van der Waals surface area contributed by atoms with Gasteiger partial charge in [-0.2, -0.15) is 0 Å². The van der Waals surface area contributed by atoms with E-state index in [0.717, 1.165) is 6.07 Å². The molecule has 0 fully saturated rings. The third-order valence-electron chi connectivity index (χ3n) is 5.16. The molecule has 1 atom stereocenters. The van der Waals surface area contributed by atoms with Crippen LogP contribution in [0, 0.1) is 11.6 Å². The van der Waals surface area contributed by atoms with Crippen LogP contribution in [0.3, 0.4) is 0 Å². The largest absolute Gasteiger partial charge is 0.373 e. The van der Waals surface area contributed by atoms with Crippen LogP contribution in [0.1, 0.15) is 11.0 Å². The Morgan fingerprint density at radius 3 is 2.44 bits per heavy atom. The molecule has 2 aromatic heterocycles. The van der Waals surface area contributed by atoms with Crippen LogP contribution in [0.25, 0.3) is 22.0 Å². The number of benzene rings is 2. The van der Waals surface area contributed by atoms with Gasteiger partial charge < -0.3 is 16.0 Å². The number of rotatable bonds is 5. The molecule has 4 aromatic rings. The zero-order chi connectivity index (χ0) is 24.4. The summed E-state index contributed by atoms with van der Waals surface area (Å²) < 4.78 is 30.6. The maximum Gasteiger partial charge on any atom is 0.323 e. The van der Waals surface area contributed by atoms with Gasteiger partial charge in [0.05, 0.1) is 20.8 Å². The highest BCUT2D eigenvalue weighted by molar-refractivity contribution is 14.1. The van der Waals surface area contributed by atoms with Gasteiger partial charge in [-0.25, -0.2) is 18.6 Å². The van der Waals surface area contributed by atoms with Crippen LogP contribution in [0.2, 0.25) is 0 Å². The van der Waals surface area contributed by atoms with Crippen molar-refractivity contribution in [3.8, 4) is 11.1 Å². The number of amides is 2. The predicted octanol–water partition coefficient (Wildman–Crippen LogP) is 5.98. The summed E-state index contributed by atoms with van der Waals surface area (Å²) in [5.41, 5.74) is 0.309. The number of alkyl halides is 1. The quantitative estimate of drug-likeness (QED) is 0.202. The van der Waals surface area contributed by atoms with Crippen molar-refractivity contribution in [2.45, 2.75) is 11.0 Å². The molecule has 1 unspecified atom stereocenters. The van der Waals surface area contributed by atoms with Gasteiger partial charge in [-0.3, -0.25) is 9.36 Å². The van der Waals surface area contributed by atoms with Gasteiger partial charge in [-0.15, -0.1) is 0 Å². The lowest BCUT2D eigenvalue weighted by atomic mass is 10.0. The Kier molecular flexibility index (Phi) is 6.77. The maximum absolute atomic E-state index is 14.9. The summed E-state index contributed by atoms with van der Waals surface area (Å²) in [4.78, 5) is 30.0. The summed E-state index contributed by atoms with van der Waals surface area (Å²) in [5.74, 6) is -1.31.